The summed E-state index contributed by atoms with van der Waals surface area (Å²) >= 11 is -2.63. The Kier molecular flexibility index (Phi) is 4.34. The van der Waals surface area contributed by atoms with Crippen LogP contribution in [0.5, 0.6) is 0 Å². The van der Waals surface area contributed by atoms with E-state index in [-0.39, 0.29) is 11.4 Å². The Bertz CT molecular complexity index is 673. The van der Waals surface area contributed by atoms with Crippen molar-refractivity contribution >= 4 is 22.6 Å². The van der Waals surface area contributed by atoms with Crippen LogP contribution in [0.25, 0.3) is 0 Å². The van der Waals surface area contributed by atoms with Gasteiger partial charge in [-0.2, -0.15) is 13.2 Å². The number of anilines is 2. The molecule has 1 atom stereocenters. The molecule has 3 nitrogen and oxygen atoms in total. The number of para-hydroxylation sites is 2. The van der Waals surface area contributed by atoms with E-state index in [9.17, 15) is 21.9 Å². The number of hydrogen-bond donors (Lipinski definition) is 1. The zero-order valence-electron chi connectivity index (χ0n) is 11.0. The van der Waals surface area contributed by atoms with Crippen LogP contribution in [0.3, 0.4) is 0 Å². The second-order valence-corrected chi connectivity index (χ2v) is 5.15. The molecule has 2 aromatic rings. The smallest absolute Gasteiger partial charge is 0.289 e. The maximum absolute atomic E-state index is 13.1. The van der Waals surface area contributed by atoms with Gasteiger partial charge in [-0.3, -0.25) is 4.55 Å². The second kappa shape index (κ2) is 5.87. The molecule has 1 N–H and O–H groups in total. The van der Waals surface area contributed by atoms with E-state index in [4.69, 9.17) is 0 Å². The van der Waals surface area contributed by atoms with Crippen LogP contribution in [0.2, 0.25) is 0 Å². The summed E-state index contributed by atoms with van der Waals surface area (Å²) in [6, 6.07) is 11.1. The van der Waals surface area contributed by atoms with Crippen molar-refractivity contribution in [1.82, 2.24) is 0 Å². The Morgan fingerprint density at radius 2 is 1.52 bits per heavy atom. The van der Waals surface area contributed by atoms with Gasteiger partial charge < -0.3 is 0 Å². The van der Waals surface area contributed by atoms with Gasteiger partial charge in [0.25, 0.3) is 11.3 Å². The van der Waals surface area contributed by atoms with Gasteiger partial charge in [-0.1, -0.05) is 30.3 Å². The molecule has 0 saturated carbocycles. The third-order valence-corrected chi connectivity index (χ3v) is 3.62. The number of alkyl halides is 3. The van der Waals surface area contributed by atoms with E-state index < -0.39 is 23.0 Å². The highest BCUT2D eigenvalue weighted by Crippen LogP contribution is 2.40. The van der Waals surface area contributed by atoms with Crippen molar-refractivity contribution in [3.63, 3.8) is 0 Å². The van der Waals surface area contributed by atoms with Crippen LogP contribution in [0.15, 0.2) is 48.5 Å². The maximum atomic E-state index is 13.1. The van der Waals surface area contributed by atoms with E-state index in [1.165, 1.54) is 24.3 Å². The van der Waals surface area contributed by atoms with Gasteiger partial charge in [0.15, 0.2) is 0 Å². The number of halogens is 3. The molecule has 0 aliphatic carbocycles. The van der Waals surface area contributed by atoms with Crippen molar-refractivity contribution in [2.24, 2.45) is 0 Å². The van der Waals surface area contributed by atoms with E-state index in [0.29, 0.717) is 5.56 Å². The highest BCUT2D eigenvalue weighted by atomic mass is 32.2. The summed E-state index contributed by atoms with van der Waals surface area (Å²) in [7, 11) is 0. The van der Waals surface area contributed by atoms with Crippen LogP contribution in [0.4, 0.5) is 24.5 Å². The van der Waals surface area contributed by atoms with E-state index in [1.807, 2.05) is 0 Å². The molecule has 0 heterocycles. The molecule has 0 fully saturated rings. The van der Waals surface area contributed by atoms with E-state index in [0.717, 1.165) is 10.4 Å². The third-order valence-electron chi connectivity index (χ3n) is 2.92. The average Bonchev–Trinajstić information content (AvgIpc) is 2.40. The molecule has 0 bridgehead atoms. The molecule has 7 heteroatoms. The summed E-state index contributed by atoms with van der Waals surface area (Å²) in [5, 5.41) is 0. The molecule has 2 rings (SSSR count). The zero-order valence-corrected chi connectivity index (χ0v) is 11.8. The minimum atomic E-state index is -4.61. The summed E-state index contributed by atoms with van der Waals surface area (Å²) in [6.45, 7) is 1.66. The quantitative estimate of drug-likeness (QED) is 0.858. The van der Waals surface area contributed by atoms with E-state index >= 15 is 0 Å². The maximum Gasteiger partial charge on any atom is 0.418 e. The minimum Gasteiger partial charge on any atom is -0.289 e. The molecule has 0 aliphatic heterocycles. The first-order chi connectivity index (χ1) is 9.82. The van der Waals surface area contributed by atoms with Crippen molar-refractivity contribution in [2.45, 2.75) is 13.1 Å². The van der Waals surface area contributed by atoms with Gasteiger partial charge in [-0.15, -0.1) is 0 Å². The lowest BCUT2D eigenvalue weighted by molar-refractivity contribution is -0.137. The Morgan fingerprint density at radius 3 is 2.05 bits per heavy atom. The summed E-state index contributed by atoms with van der Waals surface area (Å²) in [4.78, 5) is 0. The second-order valence-electron chi connectivity index (χ2n) is 4.33. The van der Waals surface area contributed by atoms with Crippen LogP contribution >= 0.6 is 0 Å². The molecule has 0 aliphatic rings. The van der Waals surface area contributed by atoms with E-state index in [2.05, 4.69) is 0 Å². The molecule has 0 radical (unpaired) electrons. The van der Waals surface area contributed by atoms with Crippen LogP contribution in [0.1, 0.15) is 11.1 Å². The first-order valence-corrected chi connectivity index (χ1v) is 7.01. The van der Waals surface area contributed by atoms with Gasteiger partial charge >= 0.3 is 6.18 Å². The predicted octanol–water partition coefficient (Wildman–Crippen LogP) is 4.29. The Labute approximate surface area is 122 Å². The van der Waals surface area contributed by atoms with Crippen LogP contribution in [-0.4, -0.2) is 8.76 Å². The lowest BCUT2D eigenvalue weighted by Crippen LogP contribution is -2.23. The van der Waals surface area contributed by atoms with Gasteiger partial charge in [-0.25, -0.2) is 8.51 Å². The largest absolute Gasteiger partial charge is 0.418 e. The van der Waals surface area contributed by atoms with Crippen molar-refractivity contribution < 1.29 is 21.9 Å². The fourth-order valence-electron chi connectivity index (χ4n) is 1.98. The van der Waals surface area contributed by atoms with E-state index in [1.54, 1.807) is 25.1 Å². The standard InChI is InChI=1S/C14H12F3NO2S/c1-10-6-2-4-8-12(10)18(21(19)20)13-9-5-3-7-11(13)14(15,16)17/h2-9H,1H3,(H,19,20). The van der Waals surface area contributed by atoms with Crippen LogP contribution in [0, 0.1) is 6.92 Å². The number of aryl methyl sites for hydroxylation is 1. The summed E-state index contributed by atoms with van der Waals surface area (Å²) in [6.07, 6.45) is -4.61. The summed E-state index contributed by atoms with van der Waals surface area (Å²) in [5.41, 5.74) is -0.484. The average molecular weight is 315 g/mol. The van der Waals surface area contributed by atoms with Gasteiger partial charge in [0.2, 0.25) is 0 Å². The minimum absolute atomic E-state index is 0.245. The molecule has 2 aromatic carbocycles. The SMILES string of the molecule is Cc1ccccc1N(c1ccccc1C(F)(F)F)S(=O)O. The first kappa shape index (κ1) is 15.5. The normalized spacial score (nSPS) is 13.0. The fourth-order valence-corrected chi connectivity index (χ4v) is 2.68. The highest BCUT2D eigenvalue weighted by molar-refractivity contribution is 7.81. The molecule has 0 aromatic heterocycles. The van der Waals surface area contributed by atoms with Crippen LogP contribution in [-0.2, 0) is 17.4 Å². The van der Waals surface area contributed by atoms with Gasteiger partial charge in [0.05, 0.1) is 16.9 Å². The lowest BCUT2D eigenvalue weighted by atomic mass is 10.1. The van der Waals surface area contributed by atoms with Gasteiger partial charge in [0, 0.05) is 0 Å². The molecule has 0 amide bonds. The Morgan fingerprint density at radius 1 is 1.00 bits per heavy atom. The predicted molar refractivity (Wildman–Crippen MR) is 75.5 cm³/mol. The zero-order chi connectivity index (χ0) is 15.6. The number of rotatable bonds is 3. The van der Waals surface area contributed by atoms with Gasteiger partial charge in [0.1, 0.15) is 0 Å². The summed E-state index contributed by atoms with van der Waals surface area (Å²) in [5.74, 6) is 0. The third kappa shape index (κ3) is 3.25. The Hall–Kier alpha value is -1.86. The lowest BCUT2D eigenvalue weighted by Gasteiger charge is -2.25. The molecular weight excluding hydrogens is 303 g/mol. The highest BCUT2D eigenvalue weighted by Gasteiger charge is 2.36. The monoisotopic (exact) mass is 315 g/mol. The van der Waals surface area contributed by atoms with Gasteiger partial charge in [-0.05, 0) is 30.7 Å². The molecule has 0 spiro atoms. The number of hydrogen-bond acceptors (Lipinski definition) is 1. The number of nitrogens with zero attached hydrogens (tertiary/aromatic N) is 1. The first-order valence-electron chi connectivity index (χ1n) is 5.95. The van der Waals surface area contributed by atoms with Crippen LogP contribution < -0.4 is 4.31 Å². The van der Waals surface area contributed by atoms with Crippen molar-refractivity contribution in [3.05, 3.63) is 59.7 Å². The topological polar surface area (TPSA) is 40.5 Å². The molecule has 1 unspecified atom stereocenters. The van der Waals surface area contributed by atoms with Crippen molar-refractivity contribution in [1.29, 1.82) is 0 Å². The van der Waals surface area contributed by atoms with Crippen molar-refractivity contribution in [2.75, 3.05) is 4.31 Å². The molecule has 112 valence electrons. The fraction of sp³-hybridized carbons (Fsp3) is 0.143. The Balaban J connectivity index is 2.66. The molecular formula is C14H12F3NO2S. The summed E-state index contributed by atoms with van der Waals surface area (Å²) < 4.78 is 61.1. The molecule has 0 saturated heterocycles. The van der Waals surface area contributed by atoms with Crippen molar-refractivity contribution in [3.8, 4) is 0 Å². The molecule has 21 heavy (non-hydrogen) atoms. The number of benzene rings is 2.